The molecule has 1 aliphatic carbocycles. The lowest BCUT2D eigenvalue weighted by atomic mass is 10.1. The van der Waals surface area contributed by atoms with Crippen LogP contribution in [0.2, 0.25) is 0 Å². The van der Waals surface area contributed by atoms with Gasteiger partial charge >= 0.3 is 6.09 Å². The van der Waals surface area contributed by atoms with Crippen molar-refractivity contribution in [3.63, 3.8) is 0 Å². The molecule has 0 aliphatic heterocycles. The quantitative estimate of drug-likeness (QED) is 0.620. The van der Waals surface area contributed by atoms with Crippen LogP contribution in [-0.2, 0) is 4.74 Å². The van der Waals surface area contributed by atoms with Gasteiger partial charge in [-0.3, -0.25) is 5.32 Å². The van der Waals surface area contributed by atoms with Gasteiger partial charge in [-0.25, -0.2) is 4.79 Å². The van der Waals surface area contributed by atoms with Crippen molar-refractivity contribution in [3.8, 4) is 0 Å². The first-order chi connectivity index (χ1) is 5.74. The molecule has 0 aromatic heterocycles. The van der Waals surface area contributed by atoms with Crippen molar-refractivity contribution < 1.29 is 14.6 Å². The van der Waals surface area contributed by atoms with Crippen LogP contribution in [0, 0.1) is 6.42 Å². The third kappa shape index (κ3) is 2.02. The molecule has 0 aromatic carbocycles. The first-order valence-corrected chi connectivity index (χ1v) is 3.52. The number of hydrogen-bond donors (Lipinski definition) is 2. The molecule has 0 unspecified atom stereocenters. The first kappa shape index (κ1) is 8.64. The van der Waals surface area contributed by atoms with Crippen LogP contribution < -0.4 is 5.32 Å². The lowest BCUT2D eigenvalue weighted by Crippen LogP contribution is -2.23. The summed E-state index contributed by atoms with van der Waals surface area (Å²) in [4.78, 5) is 10.7. The maximum Gasteiger partial charge on any atom is 0.411 e. The van der Waals surface area contributed by atoms with Gasteiger partial charge in [0, 0.05) is 6.42 Å². The zero-order valence-corrected chi connectivity index (χ0v) is 6.70. The van der Waals surface area contributed by atoms with Gasteiger partial charge in [-0.15, -0.1) is 0 Å². The van der Waals surface area contributed by atoms with Gasteiger partial charge in [0.25, 0.3) is 0 Å². The fourth-order valence-corrected chi connectivity index (χ4v) is 0.828. The van der Waals surface area contributed by atoms with Gasteiger partial charge in [-0.1, -0.05) is 6.08 Å². The lowest BCUT2D eigenvalue weighted by Gasteiger charge is -2.10. The highest BCUT2D eigenvalue weighted by Gasteiger charge is 2.09. The van der Waals surface area contributed by atoms with Crippen molar-refractivity contribution in [2.75, 3.05) is 7.11 Å². The Hall–Kier alpha value is -1.45. The molecule has 4 heteroatoms. The monoisotopic (exact) mass is 168 g/mol. The highest BCUT2D eigenvalue weighted by atomic mass is 16.5. The standard InChI is InChI=1S/C8H10NO3/c1-12-8(11)9-6-4-2-3-5-7(6)10/h2,4-5,10H,3H2,1H3,(H,9,11). The fraction of sp³-hybridized carbons (Fsp3) is 0.250. The minimum Gasteiger partial charge on any atom is -0.510 e. The van der Waals surface area contributed by atoms with Gasteiger partial charge < -0.3 is 9.84 Å². The Kier molecular flexibility index (Phi) is 2.74. The molecule has 0 spiro atoms. The van der Waals surface area contributed by atoms with Crippen LogP contribution in [0.15, 0.2) is 23.6 Å². The van der Waals surface area contributed by atoms with Crippen molar-refractivity contribution in [2.45, 2.75) is 6.42 Å². The van der Waals surface area contributed by atoms with E-state index in [4.69, 9.17) is 0 Å². The summed E-state index contributed by atoms with van der Waals surface area (Å²) in [7, 11) is 1.27. The number of alkyl carbamates (subject to hydrolysis) is 1. The second-order valence-electron chi connectivity index (χ2n) is 2.26. The molecule has 0 aromatic rings. The molecular weight excluding hydrogens is 158 g/mol. The van der Waals surface area contributed by atoms with E-state index in [1.807, 2.05) is 6.08 Å². The maximum atomic E-state index is 10.7. The molecule has 0 saturated heterocycles. The maximum absolute atomic E-state index is 10.7. The Balaban J connectivity index is 2.61. The lowest BCUT2D eigenvalue weighted by molar-refractivity contribution is 0.174. The third-order valence-corrected chi connectivity index (χ3v) is 1.43. The summed E-state index contributed by atoms with van der Waals surface area (Å²) in [5.41, 5.74) is 0.369. The molecule has 0 fully saturated rings. The van der Waals surface area contributed by atoms with Gasteiger partial charge in [0.1, 0.15) is 5.76 Å². The van der Waals surface area contributed by atoms with Crippen LogP contribution >= 0.6 is 0 Å². The second kappa shape index (κ2) is 3.80. The van der Waals surface area contributed by atoms with Gasteiger partial charge in [0.15, 0.2) is 0 Å². The Morgan fingerprint density at radius 2 is 2.50 bits per heavy atom. The van der Waals surface area contributed by atoms with E-state index in [0.717, 1.165) is 0 Å². The highest BCUT2D eigenvalue weighted by molar-refractivity contribution is 5.70. The number of carbonyl (C=O) groups excluding carboxylic acids is 1. The number of methoxy groups -OCH3 is 1. The van der Waals surface area contributed by atoms with Crippen molar-refractivity contribution in [1.82, 2.24) is 5.32 Å². The number of aliphatic hydroxyl groups is 1. The topological polar surface area (TPSA) is 58.6 Å². The van der Waals surface area contributed by atoms with Gasteiger partial charge in [0.2, 0.25) is 0 Å². The molecule has 0 saturated carbocycles. The van der Waals surface area contributed by atoms with E-state index in [-0.39, 0.29) is 5.76 Å². The van der Waals surface area contributed by atoms with Gasteiger partial charge in [0.05, 0.1) is 12.8 Å². The van der Waals surface area contributed by atoms with Crippen molar-refractivity contribution in [3.05, 3.63) is 30.0 Å². The van der Waals surface area contributed by atoms with E-state index < -0.39 is 6.09 Å². The highest BCUT2D eigenvalue weighted by Crippen LogP contribution is 2.12. The first-order valence-electron chi connectivity index (χ1n) is 3.52. The average Bonchev–Trinajstić information content (AvgIpc) is 2.09. The Morgan fingerprint density at radius 1 is 1.75 bits per heavy atom. The molecule has 65 valence electrons. The number of rotatable bonds is 1. The largest absolute Gasteiger partial charge is 0.510 e. The van der Waals surface area contributed by atoms with Crippen LogP contribution in [0.4, 0.5) is 4.79 Å². The van der Waals surface area contributed by atoms with Crippen LogP contribution in [0.5, 0.6) is 0 Å². The van der Waals surface area contributed by atoms with Crippen LogP contribution in [-0.4, -0.2) is 18.3 Å². The smallest absolute Gasteiger partial charge is 0.411 e. The average molecular weight is 168 g/mol. The third-order valence-electron chi connectivity index (χ3n) is 1.43. The van der Waals surface area contributed by atoms with E-state index in [1.165, 1.54) is 7.11 Å². The van der Waals surface area contributed by atoms with Crippen LogP contribution in [0.25, 0.3) is 0 Å². The Morgan fingerprint density at radius 3 is 3.08 bits per heavy atom. The SMILES string of the molecule is COC(=O)NC1=C(O)[CH]CC=C1. The summed E-state index contributed by atoms with van der Waals surface area (Å²) in [6.45, 7) is 0. The second-order valence-corrected chi connectivity index (χ2v) is 2.26. The van der Waals surface area contributed by atoms with E-state index in [9.17, 15) is 9.90 Å². The summed E-state index contributed by atoms with van der Waals surface area (Å²) in [5, 5.41) is 11.6. The van der Waals surface area contributed by atoms with Crippen molar-refractivity contribution in [2.24, 2.45) is 0 Å². The summed E-state index contributed by atoms with van der Waals surface area (Å²) in [6.07, 6.45) is 5.15. The number of aliphatic hydroxyl groups excluding tert-OH is 1. The predicted octanol–water partition coefficient (Wildman–Crippen LogP) is 1.28. The molecule has 0 bridgehead atoms. The van der Waals surface area contributed by atoms with Gasteiger partial charge in [-0.05, 0) is 12.5 Å². The number of carbonyl (C=O) groups is 1. The number of ether oxygens (including phenoxy) is 1. The van der Waals surface area contributed by atoms with Crippen LogP contribution in [0.1, 0.15) is 6.42 Å². The van der Waals surface area contributed by atoms with E-state index in [0.29, 0.717) is 12.1 Å². The van der Waals surface area contributed by atoms with E-state index in [2.05, 4.69) is 10.1 Å². The number of amides is 1. The molecule has 1 aliphatic rings. The molecule has 1 amide bonds. The number of allylic oxidation sites excluding steroid dienone is 3. The Bertz CT molecular complexity index is 243. The normalized spacial score (nSPS) is 16.1. The summed E-state index contributed by atoms with van der Waals surface area (Å²) in [6, 6.07) is 0. The van der Waals surface area contributed by atoms with Crippen molar-refractivity contribution >= 4 is 6.09 Å². The van der Waals surface area contributed by atoms with E-state index in [1.54, 1.807) is 12.5 Å². The molecule has 0 atom stereocenters. The zero-order valence-electron chi connectivity index (χ0n) is 6.70. The fourth-order valence-electron chi connectivity index (χ4n) is 0.828. The summed E-state index contributed by atoms with van der Waals surface area (Å²) in [5.74, 6) is 0.0721. The van der Waals surface area contributed by atoms with Gasteiger partial charge in [-0.2, -0.15) is 0 Å². The number of hydrogen-bond acceptors (Lipinski definition) is 3. The predicted molar refractivity (Wildman–Crippen MR) is 43.3 cm³/mol. The summed E-state index contributed by atoms with van der Waals surface area (Å²) < 4.78 is 4.36. The molecule has 0 heterocycles. The molecule has 12 heavy (non-hydrogen) atoms. The molecule has 4 nitrogen and oxygen atoms in total. The molecule has 1 radical (unpaired) electrons. The zero-order chi connectivity index (χ0) is 8.97. The Labute approximate surface area is 70.5 Å². The molecular formula is C8H10NO3. The van der Waals surface area contributed by atoms with E-state index >= 15 is 0 Å². The minimum absolute atomic E-state index is 0.0721. The molecule has 1 rings (SSSR count). The van der Waals surface area contributed by atoms with Crippen molar-refractivity contribution in [1.29, 1.82) is 0 Å². The number of nitrogens with one attached hydrogen (secondary N) is 1. The molecule has 2 N–H and O–H groups in total. The summed E-state index contributed by atoms with van der Waals surface area (Å²) >= 11 is 0. The minimum atomic E-state index is -0.587. The van der Waals surface area contributed by atoms with Crippen LogP contribution in [0.3, 0.4) is 0 Å².